The summed E-state index contributed by atoms with van der Waals surface area (Å²) in [5, 5.41) is 1.82. The highest BCUT2D eigenvalue weighted by molar-refractivity contribution is 6.70. The van der Waals surface area contributed by atoms with Crippen molar-refractivity contribution >= 4 is 16.6 Å². The summed E-state index contributed by atoms with van der Waals surface area (Å²) in [6, 6.07) is 0.522. The van der Waals surface area contributed by atoms with Crippen LogP contribution in [0, 0.1) is 0 Å². The lowest BCUT2D eigenvalue weighted by Crippen LogP contribution is -2.44. The summed E-state index contributed by atoms with van der Waals surface area (Å²) < 4.78 is 11.8. The van der Waals surface area contributed by atoms with Gasteiger partial charge in [-0.05, 0) is 52.1 Å². The minimum atomic E-state index is -1.52. The Morgan fingerprint density at radius 2 is 1.21 bits per heavy atom. The second-order valence-electron chi connectivity index (χ2n) is 5.92. The second-order valence-corrected chi connectivity index (χ2v) is 14.7. The van der Waals surface area contributed by atoms with Crippen LogP contribution in [0.1, 0.15) is 12.8 Å². The van der Waals surface area contributed by atoms with E-state index in [1.54, 1.807) is 0 Å². The first kappa shape index (κ1) is 12.4. The van der Waals surface area contributed by atoms with E-state index in [0.29, 0.717) is 6.04 Å². The molecule has 0 unspecified atom stereocenters. The number of hydrogen-bond donors (Lipinski definition) is 0. The van der Waals surface area contributed by atoms with Crippen molar-refractivity contribution < 1.29 is 9.05 Å². The van der Waals surface area contributed by atoms with Crippen molar-refractivity contribution in [2.75, 3.05) is 0 Å². The van der Waals surface area contributed by atoms with Crippen molar-refractivity contribution in [1.82, 2.24) is 5.23 Å². The fourth-order valence-electron chi connectivity index (χ4n) is 0.993. The molecule has 0 heterocycles. The minimum Gasteiger partial charge on any atom is -0.322 e. The van der Waals surface area contributed by atoms with Crippen molar-refractivity contribution in [1.29, 1.82) is 0 Å². The Kier molecular flexibility index (Phi) is 3.59. The van der Waals surface area contributed by atoms with Gasteiger partial charge in [0, 0.05) is 0 Å². The van der Waals surface area contributed by atoms with Crippen LogP contribution in [0.2, 0.25) is 39.3 Å². The largest absolute Gasteiger partial charge is 0.322 e. The number of nitrogens with zero attached hydrogens (tertiary/aromatic N) is 1. The molecule has 1 fully saturated rings. The predicted octanol–water partition coefficient (Wildman–Crippen LogP) is 2.98. The normalized spacial score (nSPS) is 19.1. The maximum absolute atomic E-state index is 5.92. The van der Waals surface area contributed by atoms with Crippen LogP contribution in [0.5, 0.6) is 0 Å². The lowest BCUT2D eigenvalue weighted by molar-refractivity contribution is -0.279. The highest BCUT2D eigenvalue weighted by Gasteiger charge is 2.37. The van der Waals surface area contributed by atoms with Crippen LogP contribution in [0.4, 0.5) is 0 Å². The summed E-state index contributed by atoms with van der Waals surface area (Å²) in [5.41, 5.74) is 0. The zero-order valence-electron chi connectivity index (χ0n) is 10.3. The standard InChI is InChI=1S/C9H23NO2Si2/c1-13(2,3)11-10(9-7-8-9)12-14(4,5)6/h9H,7-8H2,1-6H3. The molecule has 0 bridgehead atoms. The van der Waals surface area contributed by atoms with E-state index in [9.17, 15) is 0 Å². The molecule has 14 heavy (non-hydrogen) atoms. The molecule has 1 aliphatic carbocycles. The molecule has 3 nitrogen and oxygen atoms in total. The topological polar surface area (TPSA) is 21.7 Å². The average Bonchev–Trinajstić information content (AvgIpc) is 2.57. The molecular weight excluding hydrogens is 210 g/mol. The zero-order valence-corrected chi connectivity index (χ0v) is 12.3. The first-order valence-corrected chi connectivity index (χ1v) is 12.2. The molecule has 1 aliphatic rings. The van der Waals surface area contributed by atoms with E-state index in [1.807, 2.05) is 5.23 Å². The molecule has 0 aromatic rings. The number of hydroxylamine groups is 2. The van der Waals surface area contributed by atoms with Crippen LogP contribution in [0.3, 0.4) is 0 Å². The summed E-state index contributed by atoms with van der Waals surface area (Å²) in [6.07, 6.45) is 2.43. The first-order chi connectivity index (χ1) is 6.17. The fraction of sp³-hybridized carbons (Fsp3) is 1.00. The van der Waals surface area contributed by atoms with Gasteiger partial charge in [0.25, 0.3) is 0 Å². The van der Waals surface area contributed by atoms with Gasteiger partial charge in [-0.15, -0.1) is 0 Å². The van der Waals surface area contributed by atoms with Gasteiger partial charge in [0.1, 0.15) is 0 Å². The Morgan fingerprint density at radius 3 is 1.43 bits per heavy atom. The fourth-order valence-corrected chi connectivity index (χ4v) is 2.52. The van der Waals surface area contributed by atoms with E-state index in [0.717, 1.165) is 0 Å². The molecule has 0 radical (unpaired) electrons. The Bertz CT molecular complexity index is 178. The van der Waals surface area contributed by atoms with Crippen LogP contribution < -0.4 is 0 Å². The van der Waals surface area contributed by atoms with Crippen LogP contribution in [-0.2, 0) is 9.05 Å². The molecule has 0 aromatic heterocycles. The Morgan fingerprint density at radius 1 is 0.857 bits per heavy atom. The lowest BCUT2D eigenvalue weighted by atomic mass is 10.8. The molecular formula is C9H23NO2Si2. The van der Waals surface area contributed by atoms with Crippen LogP contribution in [-0.4, -0.2) is 27.9 Å². The molecule has 1 rings (SSSR count). The maximum atomic E-state index is 5.92. The van der Waals surface area contributed by atoms with Crippen LogP contribution in [0.15, 0.2) is 0 Å². The van der Waals surface area contributed by atoms with E-state index in [-0.39, 0.29) is 0 Å². The molecule has 0 spiro atoms. The minimum absolute atomic E-state index is 0.522. The van der Waals surface area contributed by atoms with Crippen LogP contribution >= 0.6 is 0 Å². The molecule has 1 saturated carbocycles. The first-order valence-electron chi connectivity index (χ1n) is 5.35. The zero-order chi connectivity index (χ0) is 11.0. The van der Waals surface area contributed by atoms with E-state index in [2.05, 4.69) is 39.3 Å². The molecule has 0 aromatic carbocycles. The molecule has 0 aliphatic heterocycles. The molecule has 0 amide bonds. The van der Waals surface area contributed by atoms with Crippen molar-refractivity contribution in [2.45, 2.75) is 58.2 Å². The Hall–Kier alpha value is 0.314. The van der Waals surface area contributed by atoms with Gasteiger partial charge < -0.3 is 9.05 Å². The van der Waals surface area contributed by atoms with Crippen molar-refractivity contribution in [2.24, 2.45) is 0 Å². The Labute approximate surface area is 89.6 Å². The number of hydrogen-bond acceptors (Lipinski definition) is 3. The Balaban J connectivity index is 2.48. The van der Waals surface area contributed by atoms with Gasteiger partial charge in [-0.25, -0.2) is 0 Å². The smallest absolute Gasteiger partial charge is 0.215 e. The third kappa shape index (κ3) is 5.26. The highest BCUT2D eigenvalue weighted by Crippen LogP contribution is 2.30. The molecule has 0 atom stereocenters. The van der Waals surface area contributed by atoms with Gasteiger partial charge in [-0.1, -0.05) is 5.23 Å². The van der Waals surface area contributed by atoms with Gasteiger partial charge >= 0.3 is 0 Å². The third-order valence-electron chi connectivity index (χ3n) is 1.57. The molecule has 0 saturated heterocycles. The SMILES string of the molecule is C[Si](C)(C)ON(O[Si](C)(C)C)C1CC1. The van der Waals surface area contributed by atoms with Gasteiger partial charge in [-0.2, -0.15) is 0 Å². The highest BCUT2D eigenvalue weighted by atomic mass is 28.4. The summed E-state index contributed by atoms with van der Waals surface area (Å²) in [5.74, 6) is 0. The second kappa shape index (κ2) is 4.05. The quantitative estimate of drug-likeness (QED) is 0.538. The lowest BCUT2D eigenvalue weighted by Gasteiger charge is -2.33. The van der Waals surface area contributed by atoms with Crippen molar-refractivity contribution in [3.63, 3.8) is 0 Å². The molecule has 84 valence electrons. The van der Waals surface area contributed by atoms with Crippen LogP contribution in [0.25, 0.3) is 0 Å². The van der Waals surface area contributed by atoms with Crippen molar-refractivity contribution in [3.05, 3.63) is 0 Å². The third-order valence-corrected chi connectivity index (χ3v) is 3.03. The summed E-state index contributed by atoms with van der Waals surface area (Å²) in [6.45, 7) is 13.1. The van der Waals surface area contributed by atoms with Gasteiger partial charge in [0.2, 0.25) is 16.6 Å². The van der Waals surface area contributed by atoms with E-state index in [1.165, 1.54) is 12.8 Å². The average molecular weight is 233 g/mol. The summed E-state index contributed by atoms with van der Waals surface area (Å²) in [7, 11) is -3.04. The van der Waals surface area contributed by atoms with Gasteiger partial charge in [0.15, 0.2) is 0 Å². The van der Waals surface area contributed by atoms with E-state index >= 15 is 0 Å². The monoisotopic (exact) mass is 233 g/mol. The van der Waals surface area contributed by atoms with Gasteiger partial charge in [0.05, 0.1) is 6.04 Å². The van der Waals surface area contributed by atoms with Crippen molar-refractivity contribution in [3.8, 4) is 0 Å². The summed E-state index contributed by atoms with van der Waals surface area (Å²) >= 11 is 0. The number of rotatable bonds is 5. The molecule has 0 N–H and O–H groups in total. The predicted molar refractivity (Wildman–Crippen MR) is 63.7 cm³/mol. The maximum Gasteiger partial charge on any atom is 0.215 e. The summed E-state index contributed by atoms with van der Waals surface area (Å²) in [4.78, 5) is 0. The van der Waals surface area contributed by atoms with E-state index in [4.69, 9.17) is 9.05 Å². The molecule has 5 heteroatoms. The van der Waals surface area contributed by atoms with Gasteiger partial charge in [-0.3, -0.25) is 0 Å². The van der Waals surface area contributed by atoms with E-state index < -0.39 is 16.6 Å².